The van der Waals surface area contributed by atoms with Crippen molar-refractivity contribution in [3.05, 3.63) is 94.2 Å². The van der Waals surface area contributed by atoms with Gasteiger partial charge in [-0.25, -0.2) is 0 Å². The first-order valence-electron chi connectivity index (χ1n) is 8.49. The number of aromatic nitrogens is 4. The monoisotopic (exact) mass is 356 g/mol. The third-order valence-electron chi connectivity index (χ3n) is 4.94. The molecule has 4 aromatic rings. The average Bonchev–Trinajstić information content (AvgIpc) is 3.39. The zero-order chi connectivity index (χ0) is 17.4. The Kier molecular flexibility index (Phi) is 3.53. The molecule has 0 saturated carbocycles. The molecule has 1 aliphatic carbocycles. The molecule has 5 heteroatoms. The first-order chi connectivity index (χ1) is 12.9. The number of thiazole rings is 1. The van der Waals surface area contributed by atoms with E-state index in [1.807, 2.05) is 29.9 Å². The van der Waals surface area contributed by atoms with E-state index in [0.717, 1.165) is 29.1 Å². The summed E-state index contributed by atoms with van der Waals surface area (Å²) in [6, 6.07) is 16.5. The molecule has 26 heavy (non-hydrogen) atoms. The number of hydrogen-bond acceptors (Lipinski definition) is 4. The number of H-pyrrole nitrogens is 1. The topological polar surface area (TPSA) is 54.5 Å². The van der Waals surface area contributed by atoms with Crippen LogP contribution in [0.15, 0.2) is 72.5 Å². The summed E-state index contributed by atoms with van der Waals surface area (Å²) in [5.74, 6) is 0. The minimum Gasteiger partial charge on any atom is -0.281 e. The average molecular weight is 356 g/mol. The van der Waals surface area contributed by atoms with E-state index in [1.54, 1.807) is 17.5 Å². The van der Waals surface area contributed by atoms with Gasteiger partial charge < -0.3 is 0 Å². The van der Waals surface area contributed by atoms with Crippen molar-refractivity contribution in [1.82, 2.24) is 20.2 Å². The van der Waals surface area contributed by atoms with E-state index in [0.29, 0.717) is 0 Å². The number of pyridine rings is 1. The molecule has 1 aliphatic rings. The highest BCUT2D eigenvalue weighted by Gasteiger charge is 2.37. The van der Waals surface area contributed by atoms with Crippen LogP contribution in [0.25, 0.3) is 17.5 Å². The number of aromatic amines is 1. The van der Waals surface area contributed by atoms with Gasteiger partial charge in [-0.15, -0.1) is 11.3 Å². The van der Waals surface area contributed by atoms with E-state index in [4.69, 9.17) is 0 Å². The van der Waals surface area contributed by atoms with Crippen LogP contribution in [0.1, 0.15) is 21.7 Å². The van der Waals surface area contributed by atoms with Crippen molar-refractivity contribution in [3.8, 4) is 11.4 Å². The third kappa shape index (κ3) is 2.32. The molecule has 1 N–H and O–H groups in total. The summed E-state index contributed by atoms with van der Waals surface area (Å²) in [6.07, 6.45) is 9.07. The molecule has 0 saturated heterocycles. The lowest BCUT2D eigenvalue weighted by atomic mass is 9.72. The van der Waals surface area contributed by atoms with Gasteiger partial charge in [-0.3, -0.25) is 15.1 Å². The smallest absolute Gasteiger partial charge is 0.118 e. The molecule has 5 rings (SSSR count). The molecular formula is C21H16N4S. The summed E-state index contributed by atoms with van der Waals surface area (Å²) >= 11 is 1.69. The third-order valence-corrected chi connectivity index (χ3v) is 5.89. The van der Waals surface area contributed by atoms with Crippen molar-refractivity contribution in [3.63, 3.8) is 0 Å². The van der Waals surface area contributed by atoms with Gasteiger partial charge in [0.25, 0.3) is 0 Å². The summed E-state index contributed by atoms with van der Waals surface area (Å²) < 4.78 is 0. The Morgan fingerprint density at radius 1 is 1.04 bits per heavy atom. The van der Waals surface area contributed by atoms with E-state index in [-0.39, 0.29) is 5.41 Å². The molecule has 126 valence electrons. The zero-order valence-electron chi connectivity index (χ0n) is 14.0. The summed E-state index contributed by atoms with van der Waals surface area (Å²) in [5, 5.41) is 7.81. The SMILES string of the molecule is C1=CC(c2ccccc2)(c2cncs2)Cc2[nH]nc(-c3ccccn3)c21. The van der Waals surface area contributed by atoms with E-state index in [9.17, 15) is 0 Å². The summed E-state index contributed by atoms with van der Waals surface area (Å²) in [6.45, 7) is 0. The molecule has 0 spiro atoms. The molecule has 1 unspecified atom stereocenters. The molecule has 4 nitrogen and oxygen atoms in total. The summed E-state index contributed by atoms with van der Waals surface area (Å²) in [7, 11) is 0. The van der Waals surface area contributed by atoms with Crippen molar-refractivity contribution in [1.29, 1.82) is 0 Å². The highest BCUT2D eigenvalue weighted by Crippen LogP contribution is 2.43. The van der Waals surface area contributed by atoms with Crippen molar-refractivity contribution >= 4 is 17.4 Å². The van der Waals surface area contributed by atoms with Gasteiger partial charge >= 0.3 is 0 Å². The Bertz CT molecular complexity index is 1050. The van der Waals surface area contributed by atoms with Gasteiger partial charge in [0.05, 0.1) is 16.6 Å². The number of allylic oxidation sites excluding steroid dienone is 1. The highest BCUT2D eigenvalue weighted by atomic mass is 32.1. The normalized spacial score (nSPS) is 18.6. The largest absolute Gasteiger partial charge is 0.281 e. The van der Waals surface area contributed by atoms with Crippen molar-refractivity contribution < 1.29 is 0 Å². The Morgan fingerprint density at radius 3 is 2.69 bits per heavy atom. The van der Waals surface area contributed by atoms with Gasteiger partial charge in [-0.1, -0.05) is 48.6 Å². The van der Waals surface area contributed by atoms with Gasteiger partial charge in [0, 0.05) is 34.9 Å². The van der Waals surface area contributed by atoms with Crippen molar-refractivity contribution in [2.24, 2.45) is 0 Å². The van der Waals surface area contributed by atoms with Crippen LogP contribution in [-0.4, -0.2) is 20.2 Å². The minimum atomic E-state index is -0.219. The predicted octanol–water partition coefficient (Wildman–Crippen LogP) is 4.48. The zero-order valence-corrected chi connectivity index (χ0v) is 14.8. The standard InChI is InChI=1S/C21H16N4S/c1-2-6-15(7-3-1)21(19-13-22-14-26-19)10-9-16-18(12-21)24-25-20(16)17-8-4-5-11-23-17/h1-11,13-14H,12H2,(H,24,25). The number of benzene rings is 1. The Balaban J connectivity index is 1.65. The molecule has 1 atom stereocenters. The van der Waals surface area contributed by atoms with Crippen molar-refractivity contribution in [2.45, 2.75) is 11.8 Å². The van der Waals surface area contributed by atoms with Crippen LogP contribution < -0.4 is 0 Å². The first-order valence-corrected chi connectivity index (χ1v) is 9.37. The molecular weight excluding hydrogens is 340 g/mol. The second kappa shape index (κ2) is 6.04. The van der Waals surface area contributed by atoms with Gasteiger partial charge in [0.1, 0.15) is 5.69 Å². The molecule has 1 aromatic carbocycles. The molecule has 0 radical (unpaired) electrons. The van der Waals surface area contributed by atoms with Crippen LogP contribution in [0.3, 0.4) is 0 Å². The molecule has 0 aliphatic heterocycles. The Morgan fingerprint density at radius 2 is 1.92 bits per heavy atom. The van der Waals surface area contributed by atoms with Gasteiger partial charge in [0.2, 0.25) is 0 Å². The number of rotatable bonds is 3. The molecule has 3 heterocycles. The lowest BCUT2D eigenvalue weighted by Crippen LogP contribution is -2.29. The van der Waals surface area contributed by atoms with Gasteiger partial charge in [0.15, 0.2) is 0 Å². The lowest BCUT2D eigenvalue weighted by molar-refractivity contribution is 0.631. The maximum Gasteiger partial charge on any atom is 0.118 e. The van der Waals surface area contributed by atoms with E-state index < -0.39 is 0 Å². The fourth-order valence-electron chi connectivity index (χ4n) is 3.64. The quantitative estimate of drug-likeness (QED) is 0.589. The van der Waals surface area contributed by atoms with Gasteiger partial charge in [-0.05, 0) is 17.7 Å². The van der Waals surface area contributed by atoms with E-state index in [2.05, 4.69) is 62.6 Å². The lowest BCUT2D eigenvalue weighted by Gasteiger charge is -2.32. The number of nitrogens with zero attached hydrogens (tertiary/aromatic N) is 3. The highest BCUT2D eigenvalue weighted by molar-refractivity contribution is 7.09. The number of nitrogens with one attached hydrogen (secondary N) is 1. The number of hydrogen-bond donors (Lipinski definition) is 1. The fourth-order valence-corrected chi connectivity index (χ4v) is 4.47. The molecule has 0 bridgehead atoms. The second-order valence-corrected chi connectivity index (χ2v) is 7.28. The van der Waals surface area contributed by atoms with E-state index in [1.165, 1.54) is 10.4 Å². The maximum absolute atomic E-state index is 4.56. The van der Waals surface area contributed by atoms with Crippen LogP contribution >= 0.6 is 11.3 Å². The van der Waals surface area contributed by atoms with Crippen LogP contribution in [0, 0.1) is 0 Å². The predicted molar refractivity (Wildman–Crippen MR) is 104 cm³/mol. The number of fused-ring (bicyclic) bond motifs is 1. The Hall–Kier alpha value is -3.05. The first kappa shape index (κ1) is 15.2. The summed E-state index contributed by atoms with van der Waals surface area (Å²) in [4.78, 5) is 10.0. The van der Waals surface area contributed by atoms with Crippen LogP contribution in [0.2, 0.25) is 0 Å². The second-order valence-electron chi connectivity index (χ2n) is 6.39. The molecule has 3 aromatic heterocycles. The fraction of sp³-hybridized carbons (Fsp3) is 0.0952. The molecule has 0 fully saturated rings. The van der Waals surface area contributed by atoms with Crippen LogP contribution in [0.4, 0.5) is 0 Å². The van der Waals surface area contributed by atoms with Crippen molar-refractivity contribution in [2.75, 3.05) is 0 Å². The maximum atomic E-state index is 4.56. The van der Waals surface area contributed by atoms with Gasteiger partial charge in [-0.2, -0.15) is 5.10 Å². The molecule has 0 amide bonds. The van der Waals surface area contributed by atoms with Crippen LogP contribution in [-0.2, 0) is 11.8 Å². The minimum absolute atomic E-state index is 0.219. The van der Waals surface area contributed by atoms with E-state index >= 15 is 0 Å². The summed E-state index contributed by atoms with van der Waals surface area (Å²) in [5.41, 5.74) is 6.99. The Labute approximate surface area is 155 Å². The van der Waals surface area contributed by atoms with Crippen LogP contribution in [0.5, 0.6) is 0 Å².